The van der Waals surface area contributed by atoms with Crippen molar-refractivity contribution in [3.63, 3.8) is 0 Å². The Morgan fingerprint density at radius 1 is 1.00 bits per heavy atom. The summed E-state index contributed by atoms with van der Waals surface area (Å²) in [5.74, 6) is -2.65. The summed E-state index contributed by atoms with van der Waals surface area (Å²) in [5, 5.41) is 12.0. The van der Waals surface area contributed by atoms with Gasteiger partial charge in [0.25, 0.3) is 5.91 Å². The lowest BCUT2D eigenvalue weighted by atomic mass is 9.89. The van der Waals surface area contributed by atoms with Gasteiger partial charge in [-0.05, 0) is 66.2 Å². The van der Waals surface area contributed by atoms with E-state index in [0.29, 0.717) is 52.4 Å². The number of nitrogens with one attached hydrogen (secondary N) is 1. The van der Waals surface area contributed by atoms with E-state index in [2.05, 4.69) is 10.2 Å². The molecule has 1 saturated heterocycles. The molecule has 5 rings (SSSR count). The standard InChI is InChI=1S/C29H27FN4O4/c1-33-11-13-34(14-12-33)29(38)19-5-8-22(9-6-19)31-27(20-4-2-3-18(15-20)16-25(35)36)26-23-10-7-21(30)17-24(23)32-28(26)37/h2-10,15,17,26H,11-14,16H2,1H3,(H,32,37)(H,35,36). The Labute approximate surface area is 219 Å². The van der Waals surface area contributed by atoms with Gasteiger partial charge in [0.1, 0.15) is 11.7 Å². The van der Waals surface area contributed by atoms with E-state index in [4.69, 9.17) is 4.99 Å². The molecule has 194 valence electrons. The average Bonchev–Trinajstić information content (AvgIpc) is 3.22. The third-order valence-electron chi connectivity index (χ3n) is 6.85. The van der Waals surface area contributed by atoms with Crippen LogP contribution in [-0.2, 0) is 16.0 Å². The topological polar surface area (TPSA) is 102 Å². The number of benzene rings is 3. The summed E-state index contributed by atoms with van der Waals surface area (Å²) in [4.78, 5) is 46.2. The van der Waals surface area contributed by atoms with Gasteiger partial charge in [-0.3, -0.25) is 19.4 Å². The molecule has 3 aromatic rings. The Morgan fingerprint density at radius 2 is 1.74 bits per heavy atom. The van der Waals surface area contributed by atoms with Crippen LogP contribution in [0.15, 0.2) is 71.7 Å². The number of hydrogen-bond donors (Lipinski definition) is 2. The highest BCUT2D eigenvalue weighted by Crippen LogP contribution is 2.37. The predicted molar refractivity (Wildman–Crippen MR) is 142 cm³/mol. The van der Waals surface area contributed by atoms with Gasteiger partial charge in [-0.1, -0.05) is 24.3 Å². The van der Waals surface area contributed by atoms with E-state index in [9.17, 15) is 23.9 Å². The molecule has 0 aromatic heterocycles. The molecule has 2 aliphatic heterocycles. The minimum Gasteiger partial charge on any atom is -0.481 e. The molecule has 1 unspecified atom stereocenters. The molecular formula is C29H27FN4O4. The van der Waals surface area contributed by atoms with Crippen molar-refractivity contribution in [3.8, 4) is 0 Å². The number of carboxylic acid groups (broad SMARTS) is 1. The Morgan fingerprint density at radius 3 is 2.45 bits per heavy atom. The molecule has 2 N–H and O–H groups in total. The largest absolute Gasteiger partial charge is 0.481 e. The van der Waals surface area contributed by atoms with Crippen molar-refractivity contribution in [2.24, 2.45) is 4.99 Å². The van der Waals surface area contributed by atoms with E-state index in [1.54, 1.807) is 54.6 Å². The zero-order chi connectivity index (χ0) is 26.8. The van der Waals surface area contributed by atoms with Crippen LogP contribution in [0.4, 0.5) is 15.8 Å². The maximum Gasteiger partial charge on any atom is 0.307 e. The van der Waals surface area contributed by atoms with Crippen molar-refractivity contribution in [2.45, 2.75) is 12.3 Å². The summed E-state index contributed by atoms with van der Waals surface area (Å²) in [6, 6.07) is 17.9. The summed E-state index contributed by atoms with van der Waals surface area (Å²) in [5.41, 5.74) is 3.59. The van der Waals surface area contributed by atoms with Crippen molar-refractivity contribution in [1.82, 2.24) is 9.80 Å². The quantitative estimate of drug-likeness (QED) is 0.489. The Hall–Kier alpha value is -4.37. The number of aliphatic imine (C=N–C) groups is 1. The fourth-order valence-corrected chi connectivity index (χ4v) is 4.83. The van der Waals surface area contributed by atoms with Crippen LogP contribution >= 0.6 is 0 Å². The van der Waals surface area contributed by atoms with Crippen LogP contribution in [-0.4, -0.2) is 71.6 Å². The molecule has 1 fully saturated rings. The van der Waals surface area contributed by atoms with Gasteiger partial charge >= 0.3 is 5.97 Å². The molecule has 0 bridgehead atoms. The first-order valence-corrected chi connectivity index (χ1v) is 12.4. The molecule has 1 atom stereocenters. The number of rotatable bonds is 6. The molecule has 2 amide bonds. The lowest BCUT2D eigenvalue weighted by Crippen LogP contribution is -2.47. The SMILES string of the molecule is CN1CCN(C(=O)c2ccc(N=C(c3cccc(CC(=O)O)c3)C3C(=O)Nc4cc(F)ccc43)cc2)CC1. The van der Waals surface area contributed by atoms with Gasteiger partial charge < -0.3 is 20.2 Å². The van der Waals surface area contributed by atoms with Gasteiger partial charge in [0, 0.05) is 37.4 Å². The summed E-state index contributed by atoms with van der Waals surface area (Å²) < 4.78 is 13.8. The molecule has 8 nitrogen and oxygen atoms in total. The van der Waals surface area contributed by atoms with E-state index < -0.39 is 17.7 Å². The van der Waals surface area contributed by atoms with Crippen LogP contribution in [0.1, 0.15) is 33.0 Å². The number of carbonyl (C=O) groups is 3. The maximum atomic E-state index is 13.8. The van der Waals surface area contributed by atoms with Gasteiger partial charge in [0.15, 0.2) is 0 Å². The molecule has 2 aliphatic rings. The number of piperazine rings is 1. The molecule has 0 aliphatic carbocycles. The van der Waals surface area contributed by atoms with Gasteiger partial charge in [-0.15, -0.1) is 0 Å². The Kier molecular flexibility index (Phi) is 7.02. The lowest BCUT2D eigenvalue weighted by molar-refractivity contribution is -0.136. The van der Waals surface area contributed by atoms with Gasteiger partial charge in [-0.25, -0.2) is 4.39 Å². The van der Waals surface area contributed by atoms with E-state index in [0.717, 1.165) is 13.1 Å². The average molecular weight is 515 g/mol. The second kappa shape index (κ2) is 10.5. The molecule has 38 heavy (non-hydrogen) atoms. The normalized spacial score (nSPS) is 17.7. The zero-order valence-corrected chi connectivity index (χ0v) is 20.9. The fraction of sp³-hybridized carbons (Fsp3) is 0.241. The summed E-state index contributed by atoms with van der Waals surface area (Å²) in [7, 11) is 2.03. The highest BCUT2D eigenvalue weighted by molar-refractivity contribution is 6.24. The molecule has 3 aromatic carbocycles. The van der Waals surface area contributed by atoms with Crippen LogP contribution in [0, 0.1) is 5.82 Å². The summed E-state index contributed by atoms with van der Waals surface area (Å²) in [6.07, 6.45) is -0.178. The molecular weight excluding hydrogens is 487 g/mol. The minimum atomic E-state index is -0.972. The van der Waals surface area contributed by atoms with Crippen molar-refractivity contribution < 1.29 is 23.9 Å². The second-order valence-corrected chi connectivity index (χ2v) is 9.56. The van der Waals surface area contributed by atoms with Crippen LogP contribution in [0.2, 0.25) is 0 Å². The van der Waals surface area contributed by atoms with Gasteiger partial charge in [-0.2, -0.15) is 0 Å². The predicted octanol–water partition coefficient (Wildman–Crippen LogP) is 3.70. The first-order chi connectivity index (χ1) is 18.3. The maximum absolute atomic E-state index is 13.8. The Bertz CT molecular complexity index is 1430. The molecule has 2 heterocycles. The fourth-order valence-electron chi connectivity index (χ4n) is 4.83. The number of likely N-dealkylation sites (N-methyl/N-ethyl adjacent to an activating group) is 1. The van der Waals surface area contributed by atoms with Crippen molar-refractivity contribution in [1.29, 1.82) is 0 Å². The van der Waals surface area contributed by atoms with Crippen molar-refractivity contribution in [3.05, 3.63) is 94.8 Å². The third-order valence-corrected chi connectivity index (χ3v) is 6.85. The van der Waals surface area contributed by atoms with Crippen LogP contribution in [0.25, 0.3) is 0 Å². The van der Waals surface area contributed by atoms with E-state index in [-0.39, 0.29) is 18.2 Å². The van der Waals surface area contributed by atoms with Crippen molar-refractivity contribution in [2.75, 3.05) is 38.5 Å². The number of carboxylic acids is 1. The van der Waals surface area contributed by atoms with Crippen molar-refractivity contribution >= 4 is 34.9 Å². The number of nitrogens with zero attached hydrogens (tertiary/aromatic N) is 3. The number of anilines is 1. The zero-order valence-electron chi connectivity index (χ0n) is 20.9. The van der Waals surface area contributed by atoms with Crippen LogP contribution < -0.4 is 5.32 Å². The number of halogens is 1. The Balaban J connectivity index is 1.51. The number of hydrogen-bond acceptors (Lipinski definition) is 5. The monoisotopic (exact) mass is 514 g/mol. The van der Waals surface area contributed by atoms with Crippen LogP contribution in [0.5, 0.6) is 0 Å². The minimum absolute atomic E-state index is 0.0404. The van der Waals surface area contributed by atoms with E-state index in [1.807, 2.05) is 11.9 Å². The molecule has 0 spiro atoms. The van der Waals surface area contributed by atoms with Gasteiger partial charge in [0.2, 0.25) is 5.91 Å². The van der Waals surface area contributed by atoms with Crippen LogP contribution in [0.3, 0.4) is 0 Å². The number of aliphatic carboxylic acids is 1. The first-order valence-electron chi connectivity index (χ1n) is 12.4. The highest BCUT2D eigenvalue weighted by Gasteiger charge is 2.35. The third kappa shape index (κ3) is 5.33. The first kappa shape index (κ1) is 25.3. The number of fused-ring (bicyclic) bond motifs is 1. The highest BCUT2D eigenvalue weighted by atomic mass is 19.1. The molecule has 0 saturated carbocycles. The smallest absolute Gasteiger partial charge is 0.307 e. The van der Waals surface area contributed by atoms with E-state index >= 15 is 0 Å². The summed E-state index contributed by atoms with van der Waals surface area (Å²) in [6.45, 7) is 2.99. The molecule has 9 heteroatoms. The van der Waals surface area contributed by atoms with E-state index in [1.165, 1.54) is 12.1 Å². The van der Waals surface area contributed by atoms with Gasteiger partial charge in [0.05, 0.1) is 17.8 Å². The second-order valence-electron chi connectivity index (χ2n) is 9.56. The summed E-state index contributed by atoms with van der Waals surface area (Å²) >= 11 is 0. The lowest BCUT2D eigenvalue weighted by Gasteiger charge is -2.32. The number of carbonyl (C=O) groups excluding carboxylic acids is 2. The number of amides is 2. The molecule has 0 radical (unpaired) electrons.